The molecule has 0 aliphatic heterocycles. The fourth-order valence-electron chi connectivity index (χ4n) is 2.23. The Morgan fingerprint density at radius 2 is 1.60 bits per heavy atom. The molecule has 0 aliphatic carbocycles. The largest absolute Gasteiger partial charge is 0.376 e. The lowest BCUT2D eigenvalue weighted by Gasteiger charge is -2.09. The number of nitrogens with one attached hydrogen (secondary N) is 3. The van der Waals surface area contributed by atoms with Gasteiger partial charge in [0.2, 0.25) is 11.8 Å². The Balaban J connectivity index is 1.74. The third kappa shape index (κ3) is 6.91. The summed E-state index contributed by atoms with van der Waals surface area (Å²) in [5, 5.41) is 8.59. The van der Waals surface area contributed by atoms with Crippen LogP contribution >= 0.6 is 0 Å². The molecule has 2 amide bonds. The van der Waals surface area contributed by atoms with Crippen molar-refractivity contribution < 1.29 is 9.59 Å². The van der Waals surface area contributed by atoms with Crippen LogP contribution in [0.4, 0.5) is 11.4 Å². The Labute approximate surface area is 148 Å². The van der Waals surface area contributed by atoms with Crippen LogP contribution in [0.2, 0.25) is 0 Å². The predicted octanol–water partition coefficient (Wildman–Crippen LogP) is 2.97. The van der Waals surface area contributed by atoms with Crippen molar-refractivity contribution in [1.82, 2.24) is 5.32 Å². The zero-order chi connectivity index (χ0) is 17.9. The first-order valence-corrected chi connectivity index (χ1v) is 8.22. The zero-order valence-corrected chi connectivity index (χ0v) is 14.1. The molecule has 0 heterocycles. The molecular weight excluding hydrogens is 314 g/mol. The van der Waals surface area contributed by atoms with Gasteiger partial charge in [-0.15, -0.1) is 6.58 Å². The van der Waals surface area contributed by atoms with E-state index in [4.69, 9.17) is 0 Å². The molecule has 5 heteroatoms. The van der Waals surface area contributed by atoms with E-state index >= 15 is 0 Å². The second kappa shape index (κ2) is 9.93. The highest BCUT2D eigenvalue weighted by Gasteiger charge is 2.04. The van der Waals surface area contributed by atoms with Crippen LogP contribution in [0.5, 0.6) is 0 Å². The van der Waals surface area contributed by atoms with Crippen molar-refractivity contribution in [3.8, 4) is 0 Å². The van der Waals surface area contributed by atoms with Gasteiger partial charge in [0.05, 0.1) is 6.54 Å². The standard InChI is InChI=1S/C20H23N3O2/c1-2-14-21-20(25)15-22-17-9-11-18(12-10-17)23-19(24)13-8-16-6-4-3-5-7-16/h2-7,9-12,22H,1,8,13-15H2,(H,21,25)(H,23,24). The highest BCUT2D eigenvalue weighted by molar-refractivity contribution is 5.91. The van der Waals surface area contributed by atoms with E-state index in [1.807, 2.05) is 54.6 Å². The molecule has 0 aliphatic rings. The maximum Gasteiger partial charge on any atom is 0.239 e. The zero-order valence-electron chi connectivity index (χ0n) is 14.1. The van der Waals surface area contributed by atoms with Crippen LogP contribution in [0.25, 0.3) is 0 Å². The number of hydrogen-bond acceptors (Lipinski definition) is 3. The molecule has 0 bridgehead atoms. The fourth-order valence-corrected chi connectivity index (χ4v) is 2.23. The van der Waals surface area contributed by atoms with Crippen LogP contribution in [-0.4, -0.2) is 24.9 Å². The fraction of sp³-hybridized carbons (Fsp3) is 0.200. The molecule has 2 rings (SSSR count). The summed E-state index contributed by atoms with van der Waals surface area (Å²) in [6, 6.07) is 17.2. The van der Waals surface area contributed by atoms with Crippen LogP contribution in [0, 0.1) is 0 Å². The molecule has 0 saturated heterocycles. The molecule has 25 heavy (non-hydrogen) atoms. The normalized spacial score (nSPS) is 9.92. The van der Waals surface area contributed by atoms with Crippen LogP contribution in [0.15, 0.2) is 67.3 Å². The van der Waals surface area contributed by atoms with Crippen molar-refractivity contribution in [3.63, 3.8) is 0 Å². The highest BCUT2D eigenvalue weighted by Crippen LogP contribution is 2.14. The number of hydrogen-bond donors (Lipinski definition) is 3. The van der Waals surface area contributed by atoms with Crippen molar-refractivity contribution in [2.45, 2.75) is 12.8 Å². The Bertz CT molecular complexity index is 697. The quantitative estimate of drug-likeness (QED) is 0.616. The highest BCUT2D eigenvalue weighted by atomic mass is 16.2. The van der Waals surface area contributed by atoms with E-state index in [9.17, 15) is 9.59 Å². The molecule has 3 N–H and O–H groups in total. The molecule has 2 aromatic rings. The first-order chi connectivity index (χ1) is 12.2. The molecule has 0 fully saturated rings. The van der Waals surface area contributed by atoms with Gasteiger partial charge in [-0.1, -0.05) is 36.4 Å². The van der Waals surface area contributed by atoms with Crippen LogP contribution in [-0.2, 0) is 16.0 Å². The molecular formula is C20H23N3O2. The molecule has 0 spiro atoms. The van der Waals surface area contributed by atoms with Gasteiger partial charge < -0.3 is 16.0 Å². The second-order valence-electron chi connectivity index (χ2n) is 5.56. The lowest BCUT2D eigenvalue weighted by molar-refractivity contribution is -0.119. The summed E-state index contributed by atoms with van der Waals surface area (Å²) >= 11 is 0. The lowest BCUT2D eigenvalue weighted by Crippen LogP contribution is -2.29. The number of aryl methyl sites for hydroxylation is 1. The van der Waals surface area contributed by atoms with E-state index in [0.29, 0.717) is 19.4 Å². The summed E-state index contributed by atoms with van der Waals surface area (Å²) < 4.78 is 0. The van der Waals surface area contributed by atoms with Crippen LogP contribution in [0.3, 0.4) is 0 Å². The molecule has 5 nitrogen and oxygen atoms in total. The molecule has 0 radical (unpaired) electrons. The molecule has 0 unspecified atom stereocenters. The third-order valence-electron chi connectivity index (χ3n) is 3.55. The summed E-state index contributed by atoms with van der Waals surface area (Å²) in [5.41, 5.74) is 2.70. The van der Waals surface area contributed by atoms with E-state index in [2.05, 4.69) is 22.5 Å². The van der Waals surface area contributed by atoms with Crippen molar-refractivity contribution in [2.24, 2.45) is 0 Å². The Morgan fingerprint density at radius 3 is 2.28 bits per heavy atom. The van der Waals surface area contributed by atoms with Crippen molar-refractivity contribution in [2.75, 3.05) is 23.7 Å². The maximum absolute atomic E-state index is 12.0. The van der Waals surface area contributed by atoms with Gasteiger partial charge in [-0.2, -0.15) is 0 Å². The smallest absolute Gasteiger partial charge is 0.239 e. The molecule has 0 atom stereocenters. The molecule has 130 valence electrons. The summed E-state index contributed by atoms with van der Waals surface area (Å²) in [5.74, 6) is -0.119. The third-order valence-corrected chi connectivity index (χ3v) is 3.55. The number of amides is 2. The summed E-state index contributed by atoms with van der Waals surface area (Å²) in [6.07, 6.45) is 2.78. The SMILES string of the molecule is C=CCNC(=O)CNc1ccc(NC(=O)CCc2ccccc2)cc1. The van der Waals surface area contributed by atoms with Crippen LogP contribution < -0.4 is 16.0 Å². The van der Waals surface area contributed by atoms with Gasteiger partial charge >= 0.3 is 0 Å². The summed E-state index contributed by atoms with van der Waals surface area (Å²) in [6.45, 7) is 4.19. The van der Waals surface area contributed by atoms with Gasteiger partial charge in [0.25, 0.3) is 0 Å². The topological polar surface area (TPSA) is 70.2 Å². The average molecular weight is 337 g/mol. The minimum absolute atomic E-state index is 0.0200. The number of carbonyl (C=O) groups excluding carboxylic acids is 2. The van der Waals surface area contributed by atoms with E-state index in [1.165, 1.54) is 0 Å². The number of carbonyl (C=O) groups is 2. The molecule has 2 aromatic carbocycles. The molecule has 0 aromatic heterocycles. The van der Waals surface area contributed by atoms with Crippen molar-refractivity contribution in [1.29, 1.82) is 0 Å². The van der Waals surface area contributed by atoms with E-state index in [-0.39, 0.29) is 18.4 Å². The minimum atomic E-state index is -0.0989. The van der Waals surface area contributed by atoms with Gasteiger partial charge in [-0.3, -0.25) is 9.59 Å². The van der Waals surface area contributed by atoms with E-state index in [1.54, 1.807) is 6.08 Å². The van der Waals surface area contributed by atoms with Crippen LogP contribution in [0.1, 0.15) is 12.0 Å². The van der Waals surface area contributed by atoms with E-state index in [0.717, 1.165) is 16.9 Å². The predicted molar refractivity (Wildman–Crippen MR) is 102 cm³/mol. The lowest BCUT2D eigenvalue weighted by atomic mass is 10.1. The first-order valence-electron chi connectivity index (χ1n) is 8.22. The van der Waals surface area contributed by atoms with Gasteiger partial charge in [-0.05, 0) is 36.2 Å². The first kappa shape index (κ1) is 18.3. The Kier molecular flexibility index (Phi) is 7.25. The van der Waals surface area contributed by atoms with Gasteiger partial charge in [-0.25, -0.2) is 0 Å². The second-order valence-corrected chi connectivity index (χ2v) is 5.56. The van der Waals surface area contributed by atoms with Gasteiger partial charge in [0.1, 0.15) is 0 Å². The Morgan fingerprint density at radius 1 is 0.920 bits per heavy atom. The van der Waals surface area contributed by atoms with E-state index < -0.39 is 0 Å². The maximum atomic E-state index is 12.0. The average Bonchev–Trinajstić information content (AvgIpc) is 2.65. The van der Waals surface area contributed by atoms with Crippen molar-refractivity contribution >= 4 is 23.2 Å². The number of anilines is 2. The monoisotopic (exact) mass is 337 g/mol. The minimum Gasteiger partial charge on any atom is -0.376 e. The van der Waals surface area contributed by atoms with Gasteiger partial charge in [0.15, 0.2) is 0 Å². The molecule has 0 saturated carbocycles. The Hall–Kier alpha value is -3.08. The number of rotatable bonds is 9. The summed E-state index contributed by atoms with van der Waals surface area (Å²) in [4.78, 5) is 23.5. The van der Waals surface area contributed by atoms with Crippen molar-refractivity contribution in [3.05, 3.63) is 72.8 Å². The van der Waals surface area contributed by atoms with Gasteiger partial charge in [0, 0.05) is 24.3 Å². The summed E-state index contributed by atoms with van der Waals surface area (Å²) in [7, 11) is 0. The number of benzene rings is 2.